The van der Waals surface area contributed by atoms with Gasteiger partial charge in [0.25, 0.3) is 0 Å². The Bertz CT molecular complexity index is 1110. The molecule has 2 unspecified atom stereocenters. The molecule has 0 bridgehead atoms. The molecule has 166 valence electrons. The Morgan fingerprint density at radius 1 is 1.03 bits per heavy atom. The van der Waals surface area contributed by atoms with E-state index in [2.05, 4.69) is 26.0 Å². The monoisotopic (exact) mass is 443 g/mol. The highest BCUT2D eigenvalue weighted by atomic mass is 19.4. The molecule has 0 saturated carbocycles. The fourth-order valence-electron chi connectivity index (χ4n) is 4.09. The molecule has 2 aromatic heterocycles. The number of nitrogens with zero attached hydrogens (tertiary/aromatic N) is 5. The first-order chi connectivity index (χ1) is 15.4. The van der Waals surface area contributed by atoms with Gasteiger partial charge < -0.3 is 9.47 Å². The van der Waals surface area contributed by atoms with E-state index >= 15 is 0 Å². The van der Waals surface area contributed by atoms with Gasteiger partial charge in [-0.15, -0.1) is 10.2 Å². The van der Waals surface area contributed by atoms with Gasteiger partial charge in [-0.1, -0.05) is 18.2 Å². The number of hydrazine groups is 1. The Morgan fingerprint density at radius 2 is 1.84 bits per heavy atom. The lowest BCUT2D eigenvalue weighted by Crippen LogP contribution is -2.48. The molecule has 1 fully saturated rings. The molecule has 1 aromatic carbocycles. The van der Waals surface area contributed by atoms with E-state index in [1.807, 2.05) is 22.8 Å². The van der Waals surface area contributed by atoms with Crippen molar-refractivity contribution in [2.75, 3.05) is 6.54 Å². The van der Waals surface area contributed by atoms with E-state index in [4.69, 9.17) is 0 Å². The number of carbonyl (C=O) groups excluding carboxylic acids is 1. The number of rotatable bonds is 3. The van der Waals surface area contributed by atoms with Crippen molar-refractivity contribution in [2.45, 2.75) is 37.8 Å². The van der Waals surface area contributed by atoms with Crippen LogP contribution in [0.5, 0.6) is 0 Å². The van der Waals surface area contributed by atoms with Crippen LogP contribution in [-0.2, 0) is 24.1 Å². The summed E-state index contributed by atoms with van der Waals surface area (Å²) in [5.74, 6) is 1.28. The summed E-state index contributed by atoms with van der Waals surface area (Å²) in [6.07, 6.45) is -2.24. The van der Waals surface area contributed by atoms with Crippen LogP contribution in [0.3, 0.4) is 0 Å². The summed E-state index contributed by atoms with van der Waals surface area (Å²) < 4.78 is 40.3. The highest BCUT2D eigenvalue weighted by Gasteiger charge is 2.36. The number of pyridine rings is 1. The zero-order valence-electron chi connectivity index (χ0n) is 16.9. The predicted octanol–water partition coefficient (Wildman–Crippen LogP) is 2.31. The first kappa shape index (κ1) is 20.6. The molecule has 2 atom stereocenters. The Labute approximate surface area is 181 Å². The minimum atomic E-state index is -4.37. The molecule has 3 aromatic rings. The molecule has 11 heteroatoms. The Kier molecular flexibility index (Phi) is 5.14. The Hall–Kier alpha value is -3.31. The molecule has 2 N–H and O–H groups in total. The van der Waals surface area contributed by atoms with E-state index in [1.165, 1.54) is 12.1 Å². The molecule has 1 amide bonds. The van der Waals surface area contributed by atoms with E-state index in [-0.39, 0.29) is 11.9 Å². The van der Waals surface area contributed by atoms with Crippen LogP contribution in [0.1, 0.15) is 29.4 Å². The third kappa shape index (κ3) is 3.84. The van der Waals surface area contributed by atoms with Gasteiger partial charge in [-0.25, -0.2) is 10.9 Å². The smallest absolute Gasteiger partial charge is 0.332 e. The highest BCUT2D eigenvalue weighted by Crippen LogP contribution is 2.31. The van der Waals surface area contributed by atoms with Gasteiger partial charge in [0.05, 0.1) is 12.1 Å². The van der Waals surface area contributed by atoms with Crippen LogP contribution in [0, 0.1) is 0 Å². The maximum absolute atomic E-state index is 13.1. The van der Waals surface area contributed by atoms with Gasteiger partial charge in [-0.05, 0) is 36.2 Å². The maximum atomic E-state index is 13.1. The van der Waals surface area contributed by atoms with Crippen molar-refractivity contribution in [1.29, 1.82) is 0 Å². The molecule has 0 radical (unpaired) electrons. The number of carbonyl (C=O) groups is 1. The molecule has 5 rings (SSSR count). The SMILES string of the molecule is O=C(C1CC(c2ccc(C(F)(F)F)cc2)NN1)N1CCn2c(nnc2-c2ccccn2)C1. The lowest BCUT2D eigenvalue weighted by molar-refractivity contribution is -0.137. The van der Waals surface area contributed by atoms with Gasteiger partial charge in [0, 0.05) is 25.3 Å². The lowest BCUT2D eigenvalue weighted by Gasteiger charge is -2.29. The fraction of sp³-hybridized carbons (Fsp3) is 0.333. The number of aromatic nitrogens is 4. The van der Waals surface area contributed by atoms with Crippen LogP contribution in [0.2, 0.25) is 0 Å². The standard InChI is InChI=1S/C21H20F3N7O/c22-21(23,24)14-6-4-13(5-7-14)16-11-17(27-26-16)20(32)30-9-10-31-18(12-30)28-29-19(31)15-3-1-2-8-25-15/h1-8,16-17,26-27H,9-12H2. The number of hydrogen-bond acceptors (Lipinski definition) is 6. The van der Waals surface area contributed by atoms with E-state index in [1.54, 1.807) is 11.1 Å². The number of benzene rings is 1. The van der Waals surface area contributed by atoms with Crippen molar-refractivity contribution in [1.82, 2.24) is 35.5 Å². The van der Waals surface area contributed by atoms with E-state index in [0.29, 0.717) is 43.3 Å². The minimum absolute atomic E-state index is 0.0828. The van der Waals surface area contributed by atoms with E-state index < -0.39 is 17.8 Å². The molecule has 1 saturated heterocycles. The molecule has 32 heavy (non-hydrogen) atoms. The van der Waals surface area contributed by atoms with Crippen LogP contribution in [0.4, 0.5) is 13.2 Å². The summed E-state index contributed by atoms with van der Waals surface area (Å²) in [4.78, 5) is 19.1. The van der Waals surface area contributed by atoms with Gasteiger partial charge in [0.1, 0.15) is 11.7 Å². The average Bonchev–Trinajstić information content (AvgIpc) is 3.46. The van der Waals surface area contributed by atoms with Crippen LogP contribution in [-0.4, -0.2) is 43.1 Å². The second kappa shape index (κ2) is 7.99. The predicted molar refractivity (Wildman–Crippen MR) is 108 cm³/mol. The van der Waals surface area contributed by atoms with Crippen LogP contribution < -0.4 is 10.9 Å². The number of amides is 1. The lowest BCUT2D eigenvalue weighted by atomic mass is 10.00. The number of halogens is 3. The summed E-state index contributed by atoms with van der Waals surface area (Å²) in [6, 6.07) is 9.85. The van der Waals surface area contributed by atoms with Crippen molar-refractivity contribution in [3.05, 3.63) is 65.6 Å². The molecule has 2 aliphatic rings. The maximum Gasteiger partial charge on any atom is 0.416 e. The largest absolute Gasteiger partial charge is 0.416 e. The van der Waals surface area contributed by atoms with Gasteiger partial charge in [-0.2, -0.15) is 13.2 Å². The summed E-state index contributed by atoms with van der Waals surface area (Å²) in [5.41, 5.74) is 6.74. The molecular weight excluding hydrogens is 423 g/mol. The summed E-state index contributed by atoms with van der Waals surface area (Å²) in [6.45, 7) is 1.40. The molecule has 4 heterocycles. The van der Waals surface area contributed by atoms with Crippen molar-refractivity contribution < 1.29 is 18.0 Å². The topological polar surface area (TPSA) is 88.0 Å². The molecular formula is C21H20F3N7O. The first-order valence-corrected chi connectivity index (χ1v) is 10.2. The van der Waals surface area contributed by atoms with Crippen LogP contribution in [0.25, 0.3) is 11.5 Å². The fourth-order valence-corrected chi connectivity index (χ4v) is 4.09. The van der Waals surface area contributed by atoms with Gasteiger partial charge in [0.2, 0.25) is 5.91 Å². The zero-order chi connectivity index (χ0) is 22.3. The molecule has 8 nitrogen and oxygen atoms in total. The Morgan fingerprint density at radius 3 is 2.56 bits per heavy atom. The number of fused-ring (bicyclic) bond motifs is 1. The highest BCUT2D eigenvalue weighted by molar-refractivity contribution is 5.82. The zero-order valence-corrected chi connectivity index (χ0v) is 16.9. The van der Waals surface area contributed by atoms with E-state index in [0.717, 1.165) is 17.8 Å². The minimum Gasteiger partial charge on any atom is -0.332 e. The summed E-state index contributed by atoms with van der Waals surface area (Å²) in [5, 5.41) is 8.47. The van der Waals surface area contributed by atoms with Crippen molar-refractivity contribution >= 4 is 5.91 Å². The van der Waals surface area contributed by atoms with Crippen molar-refractivity contribution in [2.24, 2.45) is 0 Å². The first-order valence-electron chi connectivity index (χ1n) is 10.2. The van der Waals surface area contributed by atoms with Crippen molar-refractivity contribution in [3.63, 3.8) is 0 Å². The summed E-state index contributed by atoms with van der Waals surface area (Å²) >= 11 is 0. The quantitative estimate of drug-likeness (QED) is 0.646. The summed E-state index contributed by atoms with van der Waals surface area (Å²) in [7, 11) is 0. The third-order valence-corrected chi connectivity index (χ3v) is 5.80. The average molecular weight is 443 g/mol. The number of hydrogen-bond donors (Lipinski definition) is 2. The van der Waals surface area contributed by atoms with Gasteiger partial charge >= 0.3 is 6.18 Å². The second-order valence-electron chi connectivity index (χ2n) is 7.82. The molecule has 2 aliphatic heterocycles. The third-order valence-electron chi connectivity index (χ3n) is 5.80. The number of alkyl halides is 3. The second-order valence-corrected chi connectivity index (χ2v) is 7.82. The molecule has 0 spiro atoms. The Balaban J connectivity index is 1.24. The van der Waals surface area contributed by atoms with Crippen LogP contribution in [0.15, 0.2) is 48.7 Å². The van der Waals surface area contributed by atoms with Gasteiger partial charge in [0.15, 0.2) is 11.6 Å². The molecule has 0 aliphatic carbocycles. The number of nitrogens with one attached hydrogen (secondary N) is 2. The normalized spacial score (nSPS) is 20.9. The van der Waals surface area contributed by atoms with Crippen molar-refractivity contribution in [3.8, 4) is 11.5 Å². The van der Waals surface area contributed by atoms with Crippen LogP contribution >= 0.6 is 0 Å². The van der Waals surface area contributed by atoms with Gasteiger partial charge in [-0.3, -0.25) is 9.78 Å². The van der Waals surface area contributed by atoms with E-state index in [9.17, 15) is 18.0 Å².